The van der Waals surface area contributed by atoms with Gasteiger partial charge in [0.2, 0.25) is 0 Å². The smallest absolute Gasteiger partial charge is 0.316 e. The Morgan fingerprint density at radius 1 is 1.27 bits per heavy atom. The second-order valence-electron chi connectivity index (χ2n) is 7.13. The van der Waals surface area contributed by atoms with E-state index in [1.807, 2.05) is 11.4 Å². The molecule has 1 fully saturated rings. The van der Waals surface area contributed by atoms with Gasteiger partial charge in [0.25, 0.3) is 5.91 Å². The number of amides is 1. The van der Waals surface area contributed by atoms with Gasteiger partial charge in [-0.1, -0.05) is 6.07 Å². The largest absolute Gasteiger partial charge is 0.379 e. The van der Waals surface area contributed by atoms with Crippen molar-refractivity contribution in [2.45, 2.75) is 19.5 Å². The molecular formula is C21H24N4O4S. The lowest BCUT2D eigenvalue weighted by Gasteiger charge is -2.34. The number of nitrogens with one attached hydrogen (secondary N) is 2. The average molecular weight is 429 g/mol. The minimum Gasteiger partial charge on any atom is -0.379 e. The second kappa shape index (κ2) is 8.95. The van der Waals surface area contributed by atoms with Crippen LogP contribution >= 0.6 is 11.3 Å². The van der Waals surface area contributed by atoms with Gasteiger partial charge in [0, 0.05) is 36.6 Å². The Morgan fingerprint density at radius 2 is 2.07 bits per heavy atom. The summed E-state index contributed by atoms with van der Waals surface area (Å²) in [5.74, 6) is -0.221. The molecule has 1 aliphatic heterocycles. The van der Waals surface area contributed by atoms with Crippen LogP contribution < -0.4 is 16.4 Å². The standard InChI is InChI=1S/C21H24N4O4S/c1-2-25-16-6-5-14(12-15(16)23-20(27)21(25)28)19(26)22-13-17(18-4-3-11-30-18)24-7-9-29-10-8-24/h3-6,11-12,17H,2,7-10,13H2,1H3,(H,22,26)(H,23,27)/t17-/m1/s1. The maximum atomic E-state index is 12.8. The SMILES string of the molecule is CCn1c(=O)c(=O)[nH]c2cc(C(=O)NC[C@H](c3cccs3)N3CCOCC3)ccc21. The van der Waals surface area contributed by atoms with Crippen molar-refractivity contribution in [1.82, 2.24) is 19.8 Å². The normalized spacial score (nSPS) is 15.9. The van der Waals surface area contributed by atoms with Crippen molar-refractivity contribution in [2.24, 2.45) is 0 Å². The first-order chi connectivity index (χ1) is 14.6. The van der Waals surface area contributed by atoms with Gasteiger partial charge in [-0.2, -0.15) is 0 Å². The van der Waals surface area contributed by atoms with E-state index >= 15 is 0 Å². The number of aryl methyl sites for hydroxylation is 1. The number of benzene rings is 1. The summed E-state index contributed by atoms with van der Waals surface area (Å²) in [6.07, 6.45) is 0. The number of morpholine rings is 1. The van der Waals surface area contributed by atoms with Gasteiger partial charge in [0.15, 0.2) is 0 Å². The van der Waals surface area contributed by atoms with E-state index in [9.17, 15) is 14.4 Å². The van der Waals surface area contributed by atoms with Crippen LogP contribution in [0, 0.1) is 0 Å². The molecule has 1 saturated heterocycles. The fourth-order valence-corrected chi connectivity index (χ4v) is 4.67. The van der Waals surface area contributed by atoms with Gasteiger partial charge in [-0.05, 0) is 36.6 Å². The van der Waals surface area contributed by atoms with Crippen LogP contribution in [-0.4, -0.2) is 53.2 Å². The molecule has 0 unspecified atom stereocenters. The lowest BCUT2D eigenvalue weighted by molar-refractivity contribution is 0.0169. The van der Waals surface area contributed by atoms with Gasteiger partial charge in [0.05, 0.1) is 30.3 Å². The quantitative estimate of drug-likeness (QED) is 0.581. The van der Waals surface area contributed by atoms with Gasteiger partial charge in [-0.15, -0.1) is 11.3 Å². The molecule has 30 heavy (non-hydrogen) atoms. The number of nitrogens with zero attached hydrogens (tertiary/aromatic N) is 2. The van der Waals surface area contributed by atoms with E-state index in [-0.39, 0.29) is 11.9 Å². The van der Waals surface area contributed by atoms with Crippen molar-refractivity contribution in [1.29, 1.82) is 0 Å². The first-order valence-electron chi connectivity index (χ1n) is 9.98. The summed E-state index contributed by atoms with van der Waals surface area (Å²) in [6.45, 7) is 5.68. The zero-order chi connectivity index (χ0) is 21.1. The number of H-pyrrole nitrogens is 1. The van der Waals surface area contributed by atoms with E-state index in [1.54, 1.807) is 36.5 Å². The fourth-order valence-electron chi connectivity index (χ4n) is 3.81. The highest BCUT2D eigenvalue weighted by atomic mass is 32.1. The van der Waals surface area contributed by atoms with E-state index in [0.29, 0.717) is 42.9 Å². The minimum absolute atomic E-state index is 0.0865. The van der Waals surface area contributed by atoms with E-state index < -0.39 is 11.1 Å². The third kappa shape index (κ3) is 4.09. The van der Waals surface area contributed by atoms with Crippen LogP contribution in [0.15, 0.2) is 45.3 Å². The van der Waals surface area contributed by atoms with Gasteiger partial charge < -0.3 is 19.6 Å². The van der Waals surface area contributed by atoms with Crippen molar-refractivity contribution in [3.8, 4) is 0 Å². The molecule has 8 nitrogen and oxygen atoms in total. The molecule has 2 N–H and O–H groups in total. The predicted molar refractivity (Wildman–Crippen MR) is 116 cm³/mol. The molecule has 2 aromatic heterocycles. The van der Waals surface area contributed by atoms with Gasteiger partial charge >= 0.3 is 11.1 Å². The van der Waals surface area contributed by atoms with Crippen molar-refractivity contribution >= 4 is 28.3 Å². The lowest BCUT2D eigenvalue weighted by atomic mass is 10.1. The highest BCUT2D eigenvalue weighted by Crippen LogP contribution is 2.25. The lowest BCUT2D eigenvalue weighted by Crippen LogP contribution is -2.43. The van der Waals surface area contributed by atoms with Crippen LogP contribution in [0.2, 0.25) is 0 Å². The number of thiophene rings is 1. The summed E-state index contributed by atoms with van der Waals surface area (Å²) < 4.78 is 6.86. The molecule has 0 radical (unpaired) electrons. The molecular weight excluding hydrogens is 404 g/mol. The first-order valence-corrected chi connectivity index (χ1v) is 10.9. The second-order valence-corrected chi connectivity index (χ2v) is 8.10. The van der Waals surface area contributed by atoms with Crippen LogP contribution in [0.25, 0.3) is 11.0 Å². The van der Waals surface area contributed by atoms with E-state index in [2.05, 4.69) is 21.3 Å². The summed E-state index contributed by atoms with van der Waals surface area (Å²) in [6, 6.07) is 9.18. The molecule has 9 heteroatoms. The molecule has 3 aromatic rings. The number of carbonyl (C=O) groups is 1. The Kier molecular flexibility index (Phi) is 6.12. The number of ether oxygens (including phenoxy) is 1. The molecule has 0 saturated carbocycles. The first kappa shape index (κ1) is 20.5. The van der Waals surface area contributed by atoms with Crippen LogP contribution in [-0.2, 0) is 11.3 Å². The van der Waals surface area contributed by atoms with Crippen molar-refractivity contribution in [3.63, 3.8) is 0 Å². The number of fused-ring (bicyclic) bond motifs is 1. The van der Waals surface area contributed by atoms with Crippen LogP contribution in [0.1, 0.15) is 28.2 Å². The van der Waals surface area contributed by atoms with E-state index in [4.69, 9.17) is 4.74 Å². The van der Waals surface area contributed by atoms with Crippen LogP contribution in [0.4, 0.5) is 0 Å². The molecule has 1 aromatic carbocycles. The molecule has 1 amide bonds. The average Bonchev–Trinajstić information content (AvgIpc) is 3.30. The topological polar surface area (TPSA) is 96.4 Å². The summed E-state index contributed by atoms with van der Waals surface area (Å²) >= 11 is 1.68. The maximum Gasteiger partial charge on any atom is 0.316 e. The number of carbonyl (C=O) groups excluding carboxylic acids is 1. The summed E-state index contributed by atoms with van der Waals surface area (Å²) in [5, 5.41) is 5.07. The minimum atomic E-state index is -0.688. The third-order valence-corrected chi connectivity index (χ3v) is 6.34. The molecule has 3 heterocycles. The number of rotatable bonds is 6. The Bertz CT molecular complexity index is 1150. The molecule has 0 spiro atoms. The maximum absolute atomic E-state index is 12.8. The number of aromatic amines is 1. The zero-order valence-corrected chi connectivity index (χ0v) is 17.5. The number of aromatic nitrogens is 2. The van der Waals surface area contributed by atoms with Gasteiger partial charge in [-0.3, -0.25) is 19.3 Å². The van der Waals surface area contributed by atoms with Gasteiger partial charge in [-0.25, -0.2) is 0 Å². The predicted octanol–water partition coefficient (Wildman–Crippen LogP) is 1.57. The van der Waals surface area contributed by atoms with E-state index in [0.717, 1.165) is 13.1 Å². The van der Waals surface area contributed by atoms with Crippen LogP contribution in [0.3, 0.4) is 0 Å². The Morgan fingerprint density at radius 3 is 2.77 bits per heavy atom. The van der Waals surface area contributed by atoms with Crippen molar-refractivity contribution in [2.75, 3.05) is 32.8 Å². The Balaban J connectivity index is 1.55. The fraction of sp³-hybridized carbons (Fsp3) is 0.381. The van der Waals surface area contributed by atoms with Crippen LogP contribution in [0.5, 0.6) is 0 Å². The van der Waals surface area contributed by atoms with E-state index in [1.165, 1.54) is 9.44 Å². The van der Waals surface area contributed by atoms with Gasteiger partial charge in [0.1, 0.15) is 0 Å². The summed E-state index contributed by atoms with van der Waals surface area (Å²) in [5.41, 5.74) is 0.227. The highest BCUT2D eigenvalue weighted by molar-refractivity contribution is 7.10. The molecule has 158 valence electrons. The molecule has 0 aliphatic carbocycles. The summed E-state index contributed by atoms with van der Waals surface area (Å²) in [4.78, 5) is 42.9. The summed E-state index contributed by atoms with van der Waals surface area (Å²) in [7, 11) is 0. The van der Waals surface area contributed by atoms with Crippen molar-refractivity contribution in [3.05, 3.63) is 66.9 Å². The zero-order valence-electron chi connectivity index (χ0n) is 16.7. The molecule has 1 atom stereocenters. The monoisotopic (exact) mass is 428 g/mol. The molecule has 4 rings (SSSR count). The Labute approximate surface area is 177 Å². The third-order valence-electron chi connectivity index (χ3n) is 5.37. The number of hydrogen-bond acceptors (Lipinski definition) is 6. The van der Waals surface area contributed by atoms with Crippen molar-refractivity contribution < 1.29 is 9.53 Å². The Hall–Kier alpha value is -2.75. The molecule has 0 bridgehead atoms. The molecule has 1 aliphatic rings. The highest BCUT2D eigenvalue weighted by Gasteiger charge is 2.24. The number of hydrogen-bond donors (Lipinski definition) is 2.